The molecule has 1 aliphatic heterocycles. The number of nitrogens with zero attached hydrogens (tertiary/aromatic N) is 1. The highest BCUT2D eigenvalue weighted by molar-refractivity contribution is 5.84. The molecular weight excluding hydrogens is 402 g/mol. The van der Waals surface area contributed by atoms with E-state index in [1.807, 2.05) is 6.07 Å². The molecule has 4 rings (SSSR count). The Morgan fingerprint density at radius 2 is 2.19 bits per heavy atom. The first kappa shape index (κ1) is 22.2. The average molecular weight is 435 g/mol. The van der Waals surface area contributed by atoms with Gasteiger partial charge in [0.25, 0.3) is 0 Å². The van der Waals surface area contributed by atoms with Gasteiger partial charge in [0.05, 0.1) is 13.2 Å². The van der Waals surface area contributed by atoms with Crippen LogP contribution in [-0.2, 0) is 16.1 Å². The molecule has 2 aliphatic carbocycles. The predicted octanol–water partition coefficient (Wildman–Crippen LogP) is 4.34. The molecule has 1 aromatic rings. The number of morpholine rings is 1. The van der Waals surface area contributed by atoms with Gasteiger partial charge in [-0.05, 0) is 60.3 Å². The van der Waals surface area contributed by atoms with E-state index in [2.05, 4.69) is 28.8 Å². The maximum absolute atomic E-state index is 13.3. The molecule has 3 aliphatic rings. The highest BCUT2D eigenvalue weighted by Gasteiger charge is 2.40. The van der Waals surface area contributed by atoms with Gasteiger partial charge in [-0.2, -0.15) is 8.78 Å². The van der Waals surface area contributed by atoms with Crippen molar-refractivity contribution in [3.63, 3.8) is 0 Å². The molecule has 0 spiro atoms. The second-order valence-electron chi connectivity index (χ2n) is 9.06. The van der Waals surface area contributed by atoms with Crippen LogP contribution in [0.2, 0.25) is 0 Å². The smallest absolute Gasteiger partial charge is 0.387 e. The standard InChI is InChI=1S/C24H32F2N2O3/c1-3-16-9-15(2)22(20-12-18(20)10-16)27-23(29)21-14-30-8-7-28(21)13-17-5-4-6-19(11-17)31-24(25)26/h4-6,11,15-16,18,21,24H,3,7-10,12-14H2,1-2H3,(H,27,29). The summed E-state index contributed by atoms with van der Waals surface area (Å²) in [4.78, 5) is 15.3. The minimum absolute atomic E-state index is 0.0327. The number of rotatable bonds is 7. The molecule has 4 atom stereocenters. The zero-order valence-corrected chi connectivity index (χ0v) is 18.3. The third-order valence-electron chi connectivity index (χ3n) is 6.83. The van der Waals surface area contributed by atoms with E-state index in [9.17, 15) is 13.6 Å². The maximum Gasteiger partial charge on any atom is 0.387 e. The van der Waals surface area contributed by atoms with Gasteiger partial charge in [-0.25, -0.2) is 0 Å². The van der Waals surface area contributed by atoms with E-state index in [1.54, 1.807) is 12.1 Å². The Kier molecular flexibility index (Phi) is 6.92. The summed E-state index contributed by atoms with van der Waals surface area (Å²) < 4.78 is 35.2. The molecular formula is C24H32F2N2O3. The van der Waals surface area contributed by atoms with Crippen molar-refractivity contribution < 1.29 is 23.0 Å². The molecule has 1 aromatic carbocycles. The zero-order valence-electron chi connectivity index (χ0n) is 18.3. The molecule has 1 heterocycles. The van der Waals surface area contributed by atoms with Gasteiger partial charge in [-0.3, -0.25) is 9.69 Å². The number of nitrogens with one attached hydrogen (secondary N) is 1. The Morgan fingerprint density at radius 1 is 1.35 bits per heavy atom. The molecule has 0 radical (unpaired) electrons. The fourth-order valence-electron chi connectivity index (χ4n) is 5.07. The number of amides is 1. The molecule has 0 aromatic heterocycles. The lowest BCUT2D eigenvalue weighted by Gasteiger charge is -2.35. The molecule has 1 N–H and O–H groups in total. The number of allylic oxidation sites excluding steroid dienone is 2. The van der Waals surface area contributed by atoms with Crippen LogP contribution < -0.4 is 10.1 Å². The van der Waals surface area contributed by atoms with Crippen molar-refractivity contribution in [2.75, 3.05) is 19.8 Å². The largest absolute Gasteiger partial charge is 0.435 e. The molecule has 1 amide bonds. The Balaban J connectivity index is 1.44. The molecule has 1 saturated carbocycles. The van der Waals surface area contributed by atoms with E-state index in [4.69, 9.17) is 4.74 Å². The summed E-state index contributed by atoms with van der Waals surface area (Å²) in [6, 6.07) is 6.26. The van der Waals surface area contributed by atoms with Gasteiger partial charge in [0.2, 0.25) is 5.91 Å². The number of halogens is 2. The zero-order chi connectivity index (χ0) is 22.0. The minimum Gasteiger partial charge on any atom is -0.435 e. The molecule has 170 valence electrons. The van der Waals surface area contributed by atoms with Gasteiger partial charge < -0.3 is 14.8 Å². The monoisotopic (exact) mass is 434 g/mol. The predicted molar refractivity (Wildman–Crippen MR) is 114 cm³/mol. The van der Waals surface area contributed by atoms with Crippen LogP contribution >= 0.6 is 0 Å². The lowest BCUT2D eigenvalue weighted by molar-refractivity contribution is -0.132. The molecule has 4 unspecified atom stereocenters. The van der Waals surface area contributed by atoms with Crippen LogP contribution in [0.15, 0.2) is 35.5 Å². The van der Waals surface area contributed by atoms with Gasteiger partial charge in [0.1, 0.15) is 11.8 Å². The van der Waals surface area contributed by atoms with E-state index in [0.717, 1.165) is 30.0 Å². The van der Waals surface area contributed by atoms with Gasteiger partial charge in [-0.1, -0.05) is 32.4 Å². The summed E-state index contributed by atoms with van der Waals surface area (Å²) in [5, 5.41) is 3.26. The van der Waals surface area contributed by atoms with E-state index >= 15 is 0 Å². The lowest BCUT2D eigenvalue weighted by Crippen LogP contribution is -2.53. The minimum atomic E-state index is -2.85. The van der Waals surface area contributed by atoms with Crippen LogP contribution in [0.4, 0.5) is 8.78 Å². The SMILES string of the molecule is CCC1CC(C)C(NC(=O)C2COCCN2Cc2cccc(OC(F)F)c2)=C2CC2C1. The van der Waals surface area contributed by atoms with Gasteiger partial charge >= 0.3 is 6.61 Å². The summed E-state index contributed by atoms with van der Waals surface area (Å²) in [5.41, 5.74) is 3.39. The third-order valence-corrected chi connectivity index (χ3v) is 6.83. The van der Waals surface area contributed by atoms with Crippen molar-refractivity contribution in [1.29, 1.82) is 0 Å². The summed E-state index contributed by atoms with van der Waals surface area (Å²) in [6.07, 6.45) is 4.66. The Labute approximate surface area is 182 Å². The van der Waals surface area contributed by atoms with E-state index in [1.165, 1.54) is 24.5 Å². The maximum atomic E-state index is 13.3. The lowest BCUT2D eigenvalue weighted by atomic mass is 9.90. The molecule has 1 saturated heterocycles. The number of hydrogen-bond acceptors (Lipinski definition) is 4. The number of carbonyl (C=O) groups is 1. The number of ether oxygens (including phenoxy) is 2. The first-order valence-electron chi connectivity index (χ1n) is 11.3. The molecule has 31 heavy (non-hydrogen) atoms. The van der Waals surface area contributed by atoms with Crippen LogP contribution in [0.5, 0.6) is 5.75 Å². The highest BCUT2D eigenvalue weighted by atomic mass is 19.3. The number of alkyl halides is 2. The van der Waals surface area contributed by atoms with Crippen molar-refractivity contribution in [3.05, 3.63) is 41.1 Å². The quantitative estimate of drug-likeness (QED) is 0.694. The highest BCUT2D eigenvalue weighted by Crippen LogP contribution is 2.50. The van der Waals surface area contributed by atoms with Gasteiger partial charge in [-0.15, -0.1) is 0 Å². The molecule has 2 fully saturated rings. The summed E-state index contributed by atoms with van der Waals surface area (Å²) in [7, 11) is 0. The van der Waals surface area contributed by atoms with Crippen LogP contribution in [-0.4, -0.2) is 43.2 Å². The van der Waals surface area contributed by atoms with Crippen LogP contribution in [0.25, 0.3) is 0 Å². The van der Waals surface area contributed by atoms with Crippen LogP contribution in [0.3, 0.4) is 0 Å². The number of benzene rings is 1. The van der Waals surface area contributed by atoms with Crippen molar-refractivity contribution in [1.82, 2.24) is 10.2 Å². The Morgan fingerprint density at radius 3 is 2.97 bits per heavy atom. The summed E-state index contributed by atoms with van der Waals surface area (Å²) in [6.45, 7) is 3.58. The number of fused-ring (bicyclic) bond motifs is 1. The average Bonchev–Trinajstić information content (AvgIpc) is 3.50. The van der Waals surface area contributed by atoms with E-state index in [-0.39, 0.29) is 11.7 Å². The molecule has 0 bridgehead atoms. The van der Waals surface area contributed by atoms with Crippen LogP contribution in [0, 0.1) is 17.8 Å². The van der Waals surface area contributed by atoms with Crippen molar-refractivity contribution in [3.8, 4) is 5.75 Å². The fraction of sp³-hybridized carbons (Fsp3) is 0.625. The van der Waals surface area contributed by atoms with E-state index < -0.39 is 12.7 Å². The second-order valence-corrected chi connectivity index (χ2v) is 9.06. The van der Waals surface area contributed by atoms with Crippen molar-refractivity contribution in [2.45, 2.75) is 58.7 Å². The second kappa shape index (κ2) is 9.65. The van der Waals surface area contributed by atoms with Gasteiger partial charge in [0, 0.05) is 18.8 Å². The molecule has 5 nitrogen and oxygen atoms in total. The third kappa shape index (κ3) is 5.44. The first-order chi connectivity index (χ1) is 14.9. The normalized spacial score (nSPS) is 28.8. The number of hydrogen-bond donors (Lipinski definition) is 1. The van der Waals surface area contributed by atoms with E-state index in [0.29, 0.717) is 38.1 Å². The van der Waals surface area contributed by atoms with Gasteiger partial charge in [0.15, 0.2) is 0 Å². The van der Waals surface area contributed by atoms with Crippen molar-refractivity contribution >= 4 is 5.91 Å². The molecule has 7 heteroatoms. The first-order valence-corrected chi connectivity index (χ1v) is 11.3. The summed E-state index contributed by atoms with van der Waals surface area (Å²) in [5.74, 6) is 1.82. The topological polar surface area (TPSA) is 50.8 Å². The Bertz CT molecular complexity index is 829. The van der Waals surface area contributed by atoms with Crippen molar-refractivity contribution in [2.24, 2.45) is 17.8 Å². The summed E-state index contributed by atoms with van der Waals surface area (Å²) >= 11 is 0. The Hall–Kier alpha value is -1.99. The van der Waals surface area contributed by atoms with Crippen LogP contribution in [0.1, 0.15) is 45.1 Å². The number of carbonyl (C=O) groups excluding carboxylic acids is 1. The fourth-order valence-corrected chi connectivity index (χ4v) is 5.07.